The van der Waals surface area contributed by atoms with Crippen LogP contribution in [0.2, 0.25) is 0 Å². The third kappa shape index (κ3) is 3.96. The van der Waals surface area contributed by atoms with Crippen LogP contribution in [-0.2, 0) is 9.59 Å². The second-order valence-electron chi connectivity index (χ2n) is 6.03. The van der Waals surface area contributed by atoms with Crippen molar-refractivity contribution in [1.29, 1.82) is 0 Å². The van der Waals surface area contributed by atoms with E-state index in [0.717, 1.165) is 19.1 Å². The normalized spacial score (nSPS) is 18.5. The Balaban J connectivity index is 1.43. The Hall–Kier alpha value is -2.21. The molecule has 0 spiro atoms. The second-order valence-corrected chi connectivity index (χ2v) is 6.03. The van der Waals surface area contributed by atoms with Crippen LogP contribution in [0.15, 0.2) is 30.3 Å². The third-order valence-electron chi connectivity index (χ3n) is 4.37. The van der Waals surface area contributed by atoms with Gasteiger partial charge >= 0.3 is 0 Å². The molecule has 2 fully saturated rings. The van der Waals surface area contributed by atoms with Crippen molar-refractivity contribution in [1.82, 2.24) is 15.1 Å². The van der Waals surface area contributed by atoms with Gasteiger partial charge in [0.1, 0.15) is 0 Å². The summed E-state index contributed by atoms with van der Waals surface area (Å²) in [5.41, 5.74) is 0.329. The molecule has 1 saturated carbocycles. The molecular weight excluding hydrogens is 294 g/mol. The van der Waals surface area contributed by atoms with Crippen molar-refractivity contribution < 1.29 is 14.4 Å². The van der Waals surface area contributed by atoms with Gasteiger partial charge in [0.05, 0.1) is 6.54 Å². The maximum absolute atomic E-state index is 12.1. The van der Waals surface area contributed by atoms with Crippen LogP contribution in [0.3, 0.4) is 0 Å². The summed E-state index contributed by atoms with van der Waals surface area (Å²) in [5.74, 6) is -1.48. The molecular formula is C17H21N3O3. The number of piperazine rings is 1. The van der Waals surface area contributed by atoms with Crippen molar-refractivity contribution in [2.75, 3.05) is 32.7 Å². The fraction of sp³-hybridized carbons (Fsp3) is 0.471. The van der Waals surface area contributed by atoms with Gasteiger partial charge in [-0.2, -0.15) is 0 Å². The number of benzene rings is 1. The van der Waals surface area contributed by atoms with Crippen LogP contribution in [0.1, 0.15) is 23.2 Å². The van der Waals surface area contributed by atoms with Gasteiger partial charge < -0.3 is 10.2 Å². The lowest BCUT2D eigenvalue weighted by atomic mass is 10.1. The first-order chi connectivity index (χ1) is 11.1. The van der Waals surface area contributed by atoms with Gasteiger partial charge in [0.15, 0.2) is 0 Å². The van der Waals surface area contributed by atoms with Gasteiger partial charge in [0.2, 0.25) is 11.7 Å². The molecule has 6 heteroatoms. The lowest BCUT2D eigenvalue weighted by molar-refractivity contribution is -0.133. The molecule has 1 N–H and O–H groups in total. The lowest BCUT2D eigenvalue weighted by Crippen LogP contribution is -2.52. The van der Waals surface area contributed by atoms with Crippen LogP contribution >= 0.6 is 0 Å². The Morgan fingerprint density at radius 3 is 2.26 bits per heavy atom. The van der Waals surface area contributed by atoms with E-state index in [1.54, 1.807) is 35.2 Å². The first-order valence-corrected chi connectivity index (χ1v) is 8.04. The molecule has 1 aromatic rings. The van der Waals surface area contributed by atoms with Crippen molar-refractivity contribution >= 4 is 17.6 Å². The summed E-state index contributed by atoms with van der Waals surface area (Å²) in [6.45, 7) is 3.05. The number of nitrogens with zero attached hydrogens (tertiary/aromatic N) is 2. The van der Waals surface area contributed by atoms with Gasteiger partial charge in [-0.1, -0.05) is 30.3 Å². The van der Waals surface area contributed by atoms with E-state index >= 15 is 0 Å². The molecule has 3 rings (SSSR count). The molecule has 0 aromatic heterocycles. The first-order valence-electron chi connectivity index (χ1n) is 8.04. The smallest absolute Gasteiger partial charge is 0.292 e. The highest BCUT2D eigenvalue weighted by atomic mass is 16.2. The van der Waals surface area contributed by atoms with Gasteiger partial charge in [-0.3, -0.25) is 19.3 Å². The number of hydrogen-bond donors (Lipinski definition) is 1. The zero-order chi connectivity index (χ0) is 16.2. The number of amides is 2. The maximum atomic E-state index is 12.1. The van der Waals surface area contributed by atoms with Crippen LogP contribution < -0.4 is 5.32 Å². The Kier molecular flexibility index (Phi) is 4.71. The average Bonchev–Trinajstić information content (AvgIpc) is 3.44. The summed E-state index contributed by atoms with van der Waals surface area (Å²) >= 11 is 0. The zero-order valence-corrected chi connectivity index (χ0v) is 13.0. The summed E-state index contributed by atoms with van der Waals surface area (Å²) in [6, 6.07) is 9.06. The van der Waals surface area contributed by atoms with E-state index in [4.69, 9.17) is 0 Å². The van der Waals surface area contributed by atoms with Gasteiger partial charge in [-0.15, -0.1) is 0 Å². The molecule has 1 aromatic carbocycles. The minimum atomic E-state index is -0.735. The minimum Gasteiger partial charge on any atom is -0.340 e. The van der Waals surface area contributed by atoms with E-state index in [1.807, 2.05) is 0 Å². The van der Waals surface area contributed by atoms with Crippen molar-refractivity contribution in [3.63, 3.8) is 0 Å². The SMILES string of the molecule is O=C(NCC(=O)N1CCN(C2CC2)CC1)C(=O)c1ccccc1. The van der Waals surface area contributed by atoms with E-state index in [0.29, 0.717) is 18.7 Å². The molecule has 0 radical (unpaired) electrons. The van der Waals surface area contributed by atoms with Crippen LogP contribution in [0.4, 0.5) is 0 Å². The Labute approximate surface area is 135 Å². The van der Waals surface area contributed by atoms with E-state index in [2.05, 4.69) is 10.2 Å². The van der Waals surface area contributed by atoms with Crippen LogP contribution in [0.25, 0.3) is 0 Å². The minimum absolute atomic E-state index is 0.124. The fourth-order valence-corrected chi connectivity index (χ4v) is 2.84. The largest absolute Gasteiger partial charge is 0.340 e. The molecule has 1 heterocycles. The van der Waals surface area contributed by atoms with E-state index in [9.17, 15) is 14.4 Å². The third-order valence-corrected chi connectivity index (χ3v) is 4.37. The number of hydrogen-bond acceptors (Lipinski definition) is 4. The number of carbonyl (C=O) groups is 3. The summed E-state index contributed by atoms with van der Waals surface area (Å²) in [7, 11) is 0. The zero-order valence-electron chi connectivity index (χ0n) is 13.0. The average molecular weight is 315 g/mol. The number of rotatable bonds is 5. The number of carbonyl (C=O) groups excluding carboxylic acids is 3. The summed E-state index contributed by atoms with van der Waals surface area (Å²) < 4.78 is 0. The molecule has 1 saturated heterocycles. The molecule has 0 bridgehead atoms. The molecule has 1 aliphatic carbocycles. The lowest BCUT2D eigenvalue weighted by Gasteiger charge is -2.34. The summed E-state index contributed by atoms with van der Waals surface area (Å²) in [4.78, 5) is 40.1. The molecule has 122 valence electrons. The molecule has 1 aliphatic heterocycles. The molecule has 0 unspecified atom stereocenters. The number of Topliss-reactive ketones (excluding diaryl/α,β-unsaturated/α-hetero) is 1. The molecule has 2 amide bonds. The standard InChI is InChI=1S/C17H21N3O3/c21-15(20-10-8-19(9-11-20)14-6-7-14)12-18-17(23)16(22)13-4-2-1-3-5-13/h1-5,14H,6-12H2,(H,18,23). The number of nitrogens with one attached hydrogen (secondary N) is 1. The van der Waals surface area contributed by atoms with E-state index in [1.165, 1.54) is 12.8 Å². The van der Waals surface area contributed by atoms with Gasteiger partial charge in [-0.05, 0) is 12.8 Å². The Morgan fingerprint density at radius 1 is 1.00 bits per heavy atom. The quantitative estimate of drug-likeness (QED) is 0.626. The molecule has 23 heavy (non-hydrogen) atoms. The number of ketones is 1. The van der Waals surface area contributed by atoms with Crippen LogP contribution in [0.5, 0.6) is 0 Å². The van der Waals surface area contributed by atoms with Crippen molar-refractivity contribution in [2.45, 2.75) is 18.9 Å². The monoisotopic (exact) mass is 315 g/mol. The Morgan fingerprint density at radius 2 is 1.65 bits per heavy atom. The first kappa shape index (κ1) is 15.7. The predicted octanol–water partition coefficient (Wildman–Crippen LogP) is 0.292. The van der Waals surface area contributed by atoms with Gasteiger partial charge in [0, 0.05) is 37.8 Å². The van der Waals surface area contributed by atoms with Gasteiger partial charge in [0.25, 0.3) is 5.91 Å². The highest BCUT2D eigenvalue weighted by Crippen LogP contribution is 2.27. The Bertz CT molecular complexity index is 590. The fourth-order valence-electron chi connectivity index (χ4n) is 2.84. The molecule has 6 nitrogen and oxygen atoms in total. The predicted molar refractivity (Wildman–Crippen MR) is 85.0 cm³/mol. The van der Waals surface area contributed by atoms with Crippen molar-refractivity contribution in [3.8, 4) is 0 Å². The molecule has 2 aliphatic rings. The highest BCUT2D eigenvalue weighted by Gasteiger charge is 2.32. The van der Waals surface area contributed by atoms with Crippen LogP contribution in [0, 0.1) is 0 Å². The maximum Gasteiger partial charge on any atom is 0.292 e. The van der Waals surface area contributed by atoms with Gasteiger partial charge in [-0.25, -0.2) is 0 Å². The second kappa shape index (κ2) is 6.91. The van der Waals surface area contributed by atoms with Crippen LogP contribution in [-0.4, -0.2) is 66.2 Å². The molecule has 0 atom stereocenters. The van der Waals surface area contributed by atoms with E-state index < -0.39 is 11.7 Å². The summed E-state index contributed by atoms with van der Waals surface area (Å²) in [5, 5.41) is 2.43. The van der Waals surface area contributed by atoms with Crippen molar-refractivity contribution in [2.24, 2.45) is 0 Å². The topological polar surface area (TPSA) is 69.7 Å². The summed E-state index contributed by atoms with van der Waals surface area (Å²) in [6.07, 6.45) is 2.54. The van der Waals surface area contributed by atoms with Crippen molar-refractivity contribution in [3.05, 3.63) is 35.9 Å². The van der Waals surface area contributed by atoms with E-state index in [-0.39, 0.29) is 12.5 Å². The highest BCUT2D eigenvalue weighted by molar-refractivity contribution is 6.43.